The van der Waals surface area contributed by atoms with Gasteiger partial charge in [-0.3, -0.25) is 19.9 Å². The van der Waals surface area contributed by atoms with Crippen molar-refractivity contribution >= 4 is 23.5 Å². The topological polar surface area (TPSA) is 580 Å². The Bertz CT molecular complexity index is 1480. The molecule has 0 aliphatic rings. The summed E-state index contributed by atoms with van der Waals surface area (Å²) in [5.41, 5.74) is 41.0. The van der Waals surface area contributed by atoms with Crippen molar-refractivity contribution in [3.8, 4) is 0 Å². The van der Waals surface area contributed by atoms with Gasteiger partial charge in [0.1, 0.15) is 30.6 Å². The van der Waals surface area contributed by atoms with Gasteiger partial charge in [0, 0.05) is 92.8 Å². The van der Waals surface area contributed by atoms with Gasteiger partial charge in [-0.15, -0.1) is 0 Å². The normalized spacial score (nSPS) is 10.3. The first-order valence-electron chi connectivity index (χ1n) is 43.0. The molecule has 0 aliphatic heterocycles. The number of hydrogen-bond donors (Lipinski definition) is 19. The van der Waals surface area contributed by atoms with Crippen LogP contribution in [-0.2, 0) is 57.0 Å². The zero-order valence-corrected chi connectivity index (χ0v) is 78.0. The van der Waals surface area contributed by atoms with Crippen molar-refractivity contribution < 1.29 is 133 Å². The van der Waals surface area contributed by atoms with Crippen LogP contribution in [0.2, 0.25) is 0 Å². The van der Waals surface area contributed by atoms with Crippen LogP contribution >= 0.6 is 0 Å². The quantitative estimate of drug-likeness (QED) is 0.0123. The molecule has 0 unspecified atom stereocenters. The van der Waals surface area contributed by atoms with Crippen molar-refractivity contribution in [2.45, 2.75) is 244 Å². The highest BCUT2D eigenvalue weighted by Gasteiger charge is 2.24. The third-order valence-corrected chi connectivity index (χ3v) is 13.0. The van der Waals surface area contributed by atoms with Crippen molar-refractivity contribution in [3.05, 3.63) is 6.92 Å². The molecule has 0 heterocycles. The number of aliphatic hydroxyl groups is 4. The zero-order valence-electron chi connectivity index (χ0n) is 78.0. The monoisotopic (exact) mass is 1660 g/mol. The van der Waals surface area contributed by atoms with E-state index in [4.69, 9.17) is 90.4 Å². The summed E-state index contributed by atoms with van der Waals surface area (Å²) in [4.78, 5) is 26.9. The van der Waals surface area contributed by atoms with Gasteiger partial charge in [-0.2, -0.15) is 0 Å². The first-order valence-corrected chi connectivity index (χ1v) is 43.0. The molecule has 0 aromatic carbocycles. The Kier molecular flexibility index (Phi) is 184. The molecule has 0 aliphatic carbocycles. The molecular formula is C80H206N17O16+11. The molecular weight excluding hydrogens is 1450 g/mol. The predicted molar refractivity (Wildman–Crippen MR) is 466 cm³/mol. The van der Waals surface area contributed by atoms with Gasteiger partial charge >= 0.3 is 0 Å². The van der Waals surface area contributed by atoms with Gasteiger partial charge in [0.2, 0.25) is 0 Å². The van der Waals surface area contributed by atoms with Crippen LogP contribution in [0.1, 0.15) is 220 Å². The van der Waals surface area contributed by atoms with Crippen molar-refractivity contribution in [1.82, 2.24) is 10.2 Å². The van der Waals surface area contributed by atoms with E-state index in [1.54, 1.807) is 10.2 Å². The van der Waals surface area contributed by atoms with Gasteiger partial charge in [0.05, 0.1) is 204 Å². The number of guanidine groups is 2. The lowest BCUT2D eigenvalue weighted by Crippen LogP contribution is -2.87. The number of unbranched alkanes of at least 4 members (excludes halogenated alkanes) is 3. The highest BCUT2D eigenvalue weighted by molar-refractivity contribution is 5.81. The minimum atomic E-state index is -0.514. The summed E-state index contributed by atoms with van der Waals surface area (Å²) >= 11 is 0. The summed E-state index contributed by atoms with van der Waals surface area (Å²) in [6, 6.07) is 0.403. The molecule has 0 rings (SSSR count). The van der Waals surface area contributed by atoms with E-state index < -0.39 is 5.54 Å². The van der Waals surface area contributed by atoms with Crippen LogP contribution in [0.5, 0.6) is 0 Å². The molecule has 0 aromatic heterocycles. The lowest BCUT2D eigenvalue weighted by molar-refractivity contribution is -0.679. The van der Waals surface area contributed by atoms with Crippen LogP contribution in [-0.4, -0.2) is 324 Å². The maximum atomic E-state index is 10.7. The Labute approximate surface area is 694 Å². The Morgan fingerprint density at radius 2 is 0.841 bits per heavy atom. The van der Waals surface area contributed by atoms with Gasteiger partial charge in [-0.1, -0.05) is 81.6 Å². The standard InChI is InChI=1S/2C11H25NO3.C7H16N4O.C7H16N2O.2C7H17NO2.C5H13NO2.C5H13N.C4H11N3.C4H11NO2.C4H11N.C3H8.C3H7.C2H6/c2*1-2-3-6-13-8-10-15-11-9-14-7-4-5-12;1-5(12)6(8)3-2-4-11-7(9)10;1-6(10)7(9)4-2-3-5-8;2*1-2-4-9-6-7-10-5-3-8;1-2-5(6,3-7)4-8;1-4-6-5(2)3;1-6-4(5)7(2)3;6-3-1-5-2-4-7;1-3-5-4-2;2*1-3-2;1-2/h2*2-12H2,1H3;6H,2-4,8H2,1H3,(H4,9,10,11);7H,2-5,8-9H2,1H3;2*2-8H2,1H3;7-8H,2-4,6H2,1H3;5-6H,4H2,1-3H3;1-3H3,(H2,5,6);5-7H,1-4H2;5H,3-4H2,1-2H3;3H2,1-2H3;1,3H2,2H3;1-2H3/q;;;;;;;;;;;;+1;/p+10/t;;6-;7-;;;;;;;;;;/m..00........../s1. The molecule has 0 amide bonds. The average molecular weight is 1660 g/mol. The number of ether oxygens (including phenoxy) is 10. The Balaban J connectivity index is -0.0000000797. The van der Waals surface area contributed by atoms with Crippen molar-refractivity contribution in [1.29, 1.82) is 5.41 Å². The van der Waals surface area contributed by atoms with E-state index in [2.05, 4.69) is 144 Å². The van der Waals surface area contributed by atoms with Crippen LogP contribution in [0.4, 0.5) is 0 Å². The third-order valence-electron chi connectivity index (χ3n) is 13.0. The van der Waals surface area contributed by atoms with E-state index >= 15 is 0 Å². The fraction of sp³-hybridized carbons (Fsp3) is 0.938. The lowest BCUT2D eigenvalue weighted by atomic mass is 10.0. The van der Waals surface area contributed by atoms with E-state index in [-0.39, 0.29) is 56.0 Å². The lowest BCUT2D eigenvalue weighted by Gasteiger charge is -2.17. The Morgan fingerprint density at radius 3 is 1.04 bits per heavy atom. The summed E-state index contributed by atoms with van der Waals surface area (Å²) in [5.74, 6) is 0.849. The largest absolute Gasteiger partial charge is 0.395 e. The average Bonchev–Trinajstić information content (AvgIpc) is 0.947. The number of carbonyl (C=O) groups is 2. The zero-order chi connectivity index (χ0) is 89.8. The molecule has 2 atom stereocenters. The van der Waals surface area contributed by atoms with E-state index in [1.165, 1.54) is 52.7 Å². The van der Waals surface area contributed by atoms with Crippen LogP contribution in [0.25, 0.3) is 0 Å². The fourth-order valence-corrected chi connectivity index (χ4v) is 6.19. The number of rotatable bonds is 59. The highest BCUT2D eigenvalue weighted by Crippen LogP contribution is 1.99. The summed E-state index contributed by atoms with van der Waals surface area (Å²) in [5, 5.41) is 49.6. The minimum absolute atomic E-state index is 0.0417. The number of aliphatic imine (C=N–C) groups is 1. The molecule has 0 saturated heterocycles. The van der Waals surface area contributed by atoms with Crippen LogP contribution in [0.15, 0.2) is 4.99 Å². The van der Waals surface area contributed by atoms with E-state index in [0.717, 1.165) is 169 Å². The van der Waals surface area contributed by atoms with Crippen LogP contribution < -0.4 is 78.6 Å². The number of quaternary nitrogens is 10. The van der Waals surface area contributed by atoms with Gasteiger partial charge in [0.25, 0.3) is 5.96 Å². The molecule has 0 bridgehead atoms. The molecule has 0 saturated carbocycles. The number of nitrogens with one attached hydrogen (secondary N) is 2. The second kappa shape index (κ2) is 147. The molecule has 0 spiro atoms. The van der Waals surface area contributed by atoms with E-state index in [1.807, 2.05) is 48.8 Å². The number of nitrogens with two attached hydrogens (primary N) is 6. The number of Topliss-reactive ketones (excluding diaryl/α,β-unsaturated/α-hetero) is 2. The first-order chi connectivity index (χ1) is 54.2. The van der Waals surface area contributed by atoms with Gasteiger partial charge in [-0.05, 0) is 99.8 Å². The smallest absolute Gasteiger partial charge is 0.293 e. The molecule has 113 heavy (non-hydrogen) atoms. The molecule has 33 heteroatoms. The molecule has 0 fully saturated rings. The van der Waals surface area contributed by atoms with Crippen LogP contribution in [0.3, 0.4) is 0 Å². The van der Waals surface area contributed by atoms with Gasteiger partial charge in [-0.25, -0.2) is 5.41 Å². The molecule has 696 valence electrons. The minimum Gasteiger partial charge on any atom is -0.395 e. The summed E-state index contributed by atoms with van der Waals surface area (Å²) in [6.45, 7) is 62.8. The van der Waals surface area contributed by atoms with Crippen molar-refractivity contribution in [3.63, 3.8) is 0 Å². The predicted octanol–water partition coefficient (Wildman–Crippen LogP) is -3.33. The van der Waals surface area contributed by atoms with Gasteiger partial charge < -0.3 is 146 Å². The molecule has 33 nitrogen and oxygen atoms in total. The second-order valence-electron chi connectivity index (χ2n) is 25.4. The molecule has 0 radical (unpaired) electrons. The number of ketones is 2. The van der Waals surface area contributed by atoms with E-state index in [0.29, 0.717) is 111 Å². The highest BCUT2D eigenvalue weighted by atomic mass is 16.6. The SMILES string of the molecule is CC.CC(=O)[C@@H](N)CCCC[NH3+].CC(=O)[C@@H]([NH3+])CCCN=C(N)N.CCC.CCC([NH3+])(CO)CO.CCCCOCCOCCOCCC[NH3+].CCCCOCCOCCOCCC[NH3+].CCCOCCOCC[NH3+].CCCOCCOCC[NH3+].CC[NH2+]C(C)C.CC[NH2+]CC.C[NH2+]C(=N)N(C)C.OCCNCCO.[CH2+]CC. The number of carbonyl (C=O) groups excluding carboxylic acids is 2. The van der Waals surface area contributed by atoms with E-state index in [9.17, 15) is 9.59 Å². The molecule has 0 aromatic rings. The van der Waals surface area contributed by atoms with Crippen molar-refractivity contribution in [2.24, 2.45) is 22.2 Å². The number of aliphatic hydroxyl groups excluding tert-OH is 4. The third kappa shape index (κ3) is 200. The van der Waals surface area contributed by atoms with Crippen molar-refractivity contribution in [2.75, 3.05) is 252 Å². The summed E-state index contributed by atoms with van der Waals surface area (Å²) in [7, 11) is 5.55. The summed E-state index contributed by atoms with van der Waals surface area (Å²) < 4.78 is 52.6. The maximum Gasteiger partial charge on any atom is 0.293 e. The number of nitrogens with zero attached hydrogens (tertiary/aromatic N) is 2. The summed E-state index contributed by atoms with van der Waals surface area (Å²) in [6.07, 6.45) is 16.2. The van der Waals surface area contributed by atoms with Gasteiger partial charge in [0.15, 0.2) is 11.7 Å². The second-order valence-corrected chi connectivity index (χ2v) is 25.4. The Hall–Kier alpha value is -3.09. The van der Waals surface area contributed by atoms with Crippen LogP contribution in [0, 0.1) is 12.3 Å². The first kappa shape index (κ1) is 142. The molecule has 39 N–H and O–H groups in total. The fourth-order valence-electron chi connectivity index (χ4n) is 6.19. The Morgan fingerprint density at radius 1 is 0.513 bits per heavy atom. The number of hydrogen-bond acceptors (Lipinski definition) is 20. The maximum absolute atomic E-state index is 10.7.